The number of amides is 1. The molecule has 0 unspecified atom stereocenters. The number of nitrogens with zero attached hydrogens (tertiary/aromatic N) is 4. The maximum absolute atomic E-state index is 13.2. The number of hydrogen-bond donors (Lipinski definition) is 2. The SMILES string of the molecule is N=c1c(C(=O)NCCN2CCCCC2)cc2c(=O)n3ccccc3nc2n1Cc1ccco1. The largest absolute Gasteiger partial charge is 0.467 e. The highest BCUT2D eigenvalue weighted by Crippen LogP contribution is 2.13. The van der Waals surface area contributed by atoms with Gasteiger partial charge in [-0.25, -0.2) is 4.98 Å². The lowest BCUT2D eigenvalue weighted by Gasteiger charge is -2.26. The van der Waals surface area contributed by atoms with Crippen LogP contribution < -0.4 is 16.4 Å². The lowest BCUT2D eigenvalue weighted by molar-refractivity contribution is 0.0944. The van der Waals surface area contributed by atoms with Crippen LogP contribution in [0, 0.1) is 5.41 Å². The minimum Gasteiger partial charge on any atom is -0.467 e. The van der Waals surface area contributed by atoms with Crippen LogP contribution in [-0.4, -0.2) is 50.9 Å². The van der Waals surface area contributed by atoms with Gasteiger partial charge in [0.2, 0.25) is 0 Å². The van der Waals surface area contributed by atoms with Crippen molar-refractivity contribution in [3.05, 3.63) is 76.0 Å². The third-order valence-corrected chi connectivity index (χ3v) is 6.12. The molecule has 5 rings (SSSR count). The fraction of sp³-hybridized carbons (Fsp3) is 0.333. The Balaban J connectivity index is 1.55. The van der Waals surface area contributed by atoms with Crippen LogP contribution in [-0.2, 0) is 6.54 Å². The van der Waals surface area contributed by atoms with Crippen LogP contribution in [0.15, 0.2) is 58.1 Å². The summed E-state index contributed by atoms with van der Waals surface area (Å²) in [5.74, 6) is 0.234. The zero-order valence-corrected chi connectivity index (χ0v) is 18.3. The molecule has 9 heteroatoms. The number of fused-ring (bicyclic) bond motifs is 2. The molecule has 0 spiro atoms. The molecule has 4 aromatic heterocycles. The van der Waals surface area contributed by atoms with E-state index in [1.807, 2.05) is 0 Å². The van der Waals surface area contributed by atoms with Crippen molar-refractivity contribution in [2.75, 3.05) is 26.2 Å². The molecule has 1 aliphatic heterocycles. The summed E-state index contributed by atoms with van der Waals surface area (Å²) in [6.45, 7) is 3.55. The maximum Gasteiger partial charge on any atom is 0.267 e. The summed E-state index contributed by atoms with van der Waals surface area (Å²) in [6.07, 6.45) is 6.83. The van der Waals surface area contributed by atoms with Gasteiger partial charge in [0.1, 0.15) is 22.5 Å². The van der Waals surface area contributed by atoms with Crippen LogP contribution in [0.4, 0.5) is 0 Å². The van der Waals surface area contributed by atoms with Gasteiger partial charge < -0.3 is 19.2 Å². The van der Waals surface area contributed by atoms with E-state index in [1.54, 1.807) is 47.4 Å². The normalized spacial score (nSPS) is 14.7. The van der Waals surface area contributed by atoms with Crippen LogP contribution in [0.5, 0.6) is 0 Å². The second kappa shape index (κ2) is 9.03. The van der Waals surface area contributed by atoms with Crippen LogP contribution in [0.3, 0.4) is 0 Å². The molecule has 0 aromatic carbocycles. The molecule has 5 heterocycles. The highest BCUT2D eigenvalue weighted by molar-refractivity contribution is 5.96. The van der Waals surface area contributed by atoms with E-state index < -0.39 is 0 Å². The van der Waals surface area contributed by atoms with Crippen molar-refractivity contribution in [3.63, 3.8) is 0 Å². The third-order valence-electron chi connectivity index (χ3n) is 6.12. The Kier molecular flexibility index (Phi) is 5.78. The number of carbonyl (C=O) groups is 1. The number of nitrogens with one attached hydrogen (secondary N) is 2. The van der Waals surface area contributed by atoms with E-state index in [1.165, 1.54) is 29.7 Å². The Bertz CT molecular complexity index is 1410. The first-order valence-corrected chi connectivity index (χ1v) is 11.2. The average molecular weight is 447 g/mol. The van der Waals surface area contributed by atoms with Crippen LogP contribution >= 0.6 is 0 Å². The molecular formula is C24H26N6O3. The predicted octanol–water partition coefficient (Wildman–Crippen LogP) is 1.99. The molecule has 0 aliphatic carbocycles. The topological polar surface area (TPSA) is 109 Å². The molecule has 170 valence electrons. The van der Waals surface area contributed by atoms with Gasteiger partial charge in [-0.05, 0) is 56.3 Å². The zero-order valence-electron chi connectivity index (χ0n) is 18.3. The monoisotopic (exact) mass is 446 g/mol. The lowest BCUT2D eigenvalue weighted by atomic mass is 10.1. The molecule has 0 bridgehead atoms. The highest BCUT2D eigenvalue weighted by Gasteiger charge is 2.18. The standard InChI is InChI=1S/C24H26N6O3/c25-21-18(23(31)26-9-13-28-10-3-1-4-11-28)15-19-22(30(21)16-17-7-6-14-33-17)27-20-8-2-5-12-29(20)24(19)32/h2,5-8,12,14-15,25H,1,3-4,9-11,13,16H2,(H,26,31). The Morgan fingerprint density at radius 2 is 2.00 bits per heavy atom. The first kappa shape index (κ1) is 21.1. The number of pyridine rings is 2. The van der Waals surface area contributed by atoms with E-state index in [9.17, 15) is 9.59 Å². The van der Waals surface area contributed by atoms with Crippen LogP contribution in [0.1, 0.15) is 35.4 Å². The molecule has 2 N–H and O–H groups in total. The first-order chi connectivity index (χ1) is 16.1. The van der Waals surface area contributed by atoms with Crippen LogP contribution in [0.2, 0.25) is 0 Å². The number of furan rings is 1. The van der Waals surface area contributed by atoms with Crippen molar-refractivity contribution < 1.29 is 9.21 Å². The molecule has 33 heavy (non-hydrogen) atoms. The van der Waals surface area contributed by atoms with E-state index in [-0.39, 0.29) is 34.4 Å². The van der Waals surface area contributed by atoms with Gasteiger partial charge in [-0.2, -0.15) is 0 Å². The minimum absolute atomic E-state index is 0.0125. The smallest absolute Gasteiger partial charge is 0.267 e. The molecule has 4 aromatic rings. The predicted molar refractivity (Wildman–Crippen MR) is 123 cm³/mol. The van der Waals surface area contributed by atoms with Gasteiger partial charge in [-0.3, -0.25) is 19.4 Å². The molecule has 9 nitrogen and oxygen atoms in total. The van der Waals surface area contributed by atoms with E-state index in [0.29, 0.717) is 23.6 Å². The summed E-state index contributed by atoms with van der Waals surface area (Å²) in [7, 11) is 0. The number of aromatic nitrogens is 3. The van der Waals surface area contributed by atoms with Gasteiger partial charge in [-0.1, -0.05) is 12.5 Å². The summed E-state index contributed by atoms with van der Waals surface area (Å²) in [5, 5.41) is 12.0. The summed E-state index contributed by atoms with van der Waals surface area (Å²) >= 11 is 0. The van der Waals surface area contributed by atoms with Gasteiger partial charge >= 0.3 is 0 Å². The molecule has 0 saturated carbocycles. The van der Waals surface area contributed by atoms with E-state index in [2.05, 4.69) is 15.2 Å². The lowest BCUT2D eigenvalue weighted by Crippen LogP contribution is -2.40. The van der Waals surface area contributed by atoms with Crippen molar-refractivity contribution in [1.29, 1.82) is 5.41 Å². The fourth-order valence-electron chi connectivity index (χ4n) is 4.38. The molecule has 0 atom stereocenters. The quantitative estimate of drug-likeness (QED) is 0.440. The van der Waals surface area contributed by atoms with Gasteiger partial charge in [0.25, 0.3) is 11.5 Å². The van der Waals surface area contributed by atoms with Crippen molar-refractivity contribution in [2.45, 2.75) is 25.8 Å². The number of carbonyl (C=O) groups excluding carboxylic acids is 1. The Labute approximate surface area is 189 Å². The van der Waals surface area contributed by atoms with Gasteiger partial charge in [0, 0.05) is 19.3 Å². The van der Waals surface area contributed by atoms with Crippen molar-refractivity contribution in [2.24, 2.45) is 0 Å². The molecule has 0 radical (unpaired) electrons. The number of likely N-dealkylation sites (tertiary alicyclic amines) is 1. The summed E-state index contributed by atoms with van der Waals surface area (Å²) in [4.78, 5) is 33.3. The molecule has 1 aliphatic rings. The Hall–Kier alpha value is -3.72. The van der Waals surface area contributed by atoms with E-state index in [0.717, 1.165) is 19.6 Å². The summed E-state index contributed by atoms with van der Waals surface area (Å²) in [6, 6.07) is 10.3. The van der Waals surface area contributed by atoms with E-state index in [4.69, 9.17) is 9.83 Å². The summed E-state index contributed by atoms with van der Waals surface area (Å²) < 4.78 is 8.47. The van der Waals surface area contributed by atoms with E-state index >= 15 is 0 Å². The molecule has 1 amide bonds. The van der Waals surface area contributed by atoms with Gasteiger partial charge in [0.15, 0.2) is 0 Å². The Morgan fingerprint density at radius 3 is 2.79 bits per heavy atom. The zero-order chi connectivity index (χ0) is 22.8. The number of piperidine rings is 1. The number of rotatable bonds is 6. The van der Waals surface area contributed by atoms with Crippen molar-refractivity contribution >= 4 is 22.6 Å². The number of hydrogen-bond acceptors (Lipinski definition) is 6. The highest BCUT2D eigenvalue weighted by atomic mass is 16.3. The van der Waals surface area contributed by atoms with Crippen LogP contribution in [0.25, 0.3) is 16.7 Å². The fourth-order valence-corrected chi connectivity index (χ4v) is 4.38. The summed E-state index contributed by atoms with van der Waals surface area (Å²) in [5.41, 5.74) is 0.661. The second-order valence-corrected chi connectivity index (χ2v) is 8.31. The van der Waals surface area contributed by atoms with Crippen molar-refractivity contribution in [1.82, 2.24) is 24.2 Å². The third kappa shape index (κ3) is 4.19. The Morgan fingerprint density at radius 1 is 1.15 bits per heavy atom. The first-order valence-electron chi connectivity index (χ1n) is 11.2. The molecule has 1 fully saturated rings. The average Bonchev–Trinajstić information content (AvgIpc) is 3.35. The second-order valence-electron chi connectivity index (χ2n) is 8.31. The maximum atomic E-state index is 13.2. The van der Waals surface area contributed by atoms with Gasteiger partial charge in [-0.15, -0.1) is 0 Å². The van der Waals surface area contributed by atoms with Crippen molar-refractivity contribution in [3.8, 4) is 0 Å². The van der Waals surface area contributed by atoms with Gasteiger partial charge in [0.05, 0.1) is 23.8 Å². The molecule has 1 saturated heterocycles. The minimum atomic E-state index is -0.371. The molecular weight excluding hydrogens is 420 g/mol.